The van der Waals surface area contributed by atoms with Crippen LogP contribution in [0.25, 0.3) is 60.5 Å². The lowest BCUT2D eigenvalue weighted by Gasteiger charge is -2.24. The van der Waals surface area contributed by atoms with Gasteiger partial charge in [0.2, 0.25) is 0 Å². The fraction of sp³-hybridized carbons (Fsp3) is 0.0294. The molecule has 1 aromatic heterocycles. The van der Waals surface area contributed by atoms with E-state index < -0.39 is 0 Å². The van der Waals surface area contributed by atoms with Gasteiger partial charge in [-0.05, 0) is 45.2 Å². The summed E-state index contributed by atoms with van der Waals surface area (Å²) in [7, 11) is 6.75. The van der Waals surface area contributed by atoms with Crippen molar-refractivity contribution in [3.05, 3.63) is 133 Å². The van der Waals surface area contributed by atoms with Crippen molar-refractivity contribution in [2.24, 2.45) is 0 Å². The van der Waals surface area contributed by atoms with E-state index >= 15 is 0 Å². The van der Waals surface area contributed by atoms with Crippen LogP contribution in [0.3, 0.4) is 0 Å². The van der Waals surface area contributed by atoms with Crippen molar-refractivity contribution in [2.75, 3.05) is 0 Å². The molecule has 2 nitrogen and oxygen atoms in total. The van der Waals surface area contributed by atoms with E-state index in [0.717, 1.165) is 16.9 Å². The molecule has 0 atom stereocenters. The number of aromatic nitrogens is 2. The first kappa shape index (κ1) is 23.6. The van der Waals surface area contributed by atoms with Gasteiger partial charge in [0.05, 0.1) is 46.1 Å². The summed E-state index contributed by atoms with van der Waals surface area (Å²) in [6, 6.07) is 45.7. The van der Waals surface area contributed by atoms with Gasteiger partial charge >= 0.3 is 0 Å². The molecule has 1 heterocycles. The number of hydrogen-bond donors (Lipinski definition) is 0. The van der Waals surface area contributed by atoms with Crippen molar-refractivity contribution >= 4 is 56.1 Å². The van der Waals surface area contributed by atoms with Crippen LogP contribution in [0.2, 0.25) is 0 Å². The predicted octanol–water partition coefficient (Wildman–Crippen LogP) is 5.68. The van der Waals surface area contributed by atoms with E-state index in [1.165, 1.54) is 49.5 Å². The molecule has 0 N–H and O–H groups in total. The van der Waals surface area contributed by atoms with Crippen molar-refractivity contribution in [3.8, 4) is 27.9 Å². The molecule has 0 aliphatic heterocycles. The van der Waals surface area contributed by atoms with Gasteiger partial charge in [-0.15, -0.1) is 0 Å². The molecule has 0 spiro atoms. The van der Waals surface area contributed by atoms with Crippen LogP contribution in [-0.4, -0.2) is 33.1 Å². The highest BCUT2D eigenvalue weighted by Gasteiger charge is 2.27. The second-order valence-corrected chi connectivity index (χ2v) is 11.2. The molecule has 39 heavy (non-hydrogen) atoms. The normalized spacial score (nSPS) is 11.9. The SMILES string of the molecule is BC(B)(B)c1nc2ccccc2n1-c1c2ccccc2c(-c2ccccc2-c2ccccc2)c2ccccc12. The summed E-state index contributed by atoms with van der Waals surface area (Å²) in [5.41, 5.74) is 8.33. The molecule has 7 aromatic rings. The van der Waals surface area contributed by atoms with Crippen LogP contribution in [-0.2, 0) is 5.11 Å². The predicted molar refractivity (Wildman–Crippen MR) is 174 cm³/mol. The number of nitrogens with zero attached hydrogens (tertiary/aromatic N) is 2. The lowest BCUT2D eigenvalue weighted by molar-refractivity contribution is 0.939. The Balaban J connectivity index is 1.67. The Morgan fingerprint density at radius 2 is 1.03 bits per heavy atom. The Labute approximate surface area is 231 Å². The molecule has 0 saturated heterocycles. The largest absolute Gasteiger partial charge is 0.296 e. The molecule has 7 rings (SSSR count). The van der Waals surface area contributed by atoms with Crippen LogP contribution in [0.4, 0.5) is 0 Å². The Kier molecular flexibility index (Phi) is 5.49. The summed E-state index contributed by atoms with van der Waals surface area (Å²) in [4.78, 5) is 5.17. The molecule has 6 aromatic carbocycles. The first-order chi connectivity index (χ1) is 19.0. The second-order valence-electron chi connectivity index (χ2n) is 11.2. The highest BCUT2D eigenvalue weighted by molar-refractivity contribution is 6.58. The van der Waals surface area contributed by atoms with Crippen molar-refractivity contribution in [1.82, 2.24) is 9.55 Å². The zero-order valence-corrected chi connectivity index (χ0v) is 22.5. The van der Waals surface area contributed by atoms with Crippen molar-refractivity contribution in [1.29, 1.82) is 0 Å². The summed E-state index contributed by atoms with van der Waals surface area (Å²) in [6.45, 7) is 0. The fourth-order valence-corrected chi connectivity index (χ4v) is 5.96. The average molecular weight is 496 g/mol. The van der Waals surface area contributed by atoms with E-state index in [1.807, 2.05) is 0 Å². The third-order valence-electron chi connectivity index (χ3n) is 7.64. The lowest BCUT2D eigenvalue weighted by atomic mass is 9.42. The quantitative estimate of drug-likeness (QED) is 0.227. The number of fused-ring (bicyclic) bond motifs is 3. The minimum absolute atomic E-state index is 0.139. The summed E-state index contributed by atoms with van der Waals surface area (Å²) < 4.78 is 2.41. The molecule has 0 fully saturated rings. The highest BCUT2D eigenvalue weighted by Crippen LogP contribution is 2.45. The van der Waals surface area contributed by atoms with Crippen LogP contribution in [0.5, 0.6) is 0 Å². The first-order valence-electron chi connectivity index (χ1n) is 13.6. The molecule has 0 amide bonds. The molecule has 0 unspecified atom stereocenters. The minimum Gasteiger partial charge on any atom is -0.296 e. The van der Waals surface area contributed by atoms with E-state index in [2.05, 4.69) is 155 Å². The van der Waals surface area contributed by atoms with Crippen LogP contribution in [0.1, 0.15) is 5.82 Å². The van der Waals surface area contributed by atoms with E-state index in [0.29, 0.717) is 0 Å². The third kappa shape index (κ3) is 3.80. The van der Waals surface area contributed by atoms with Gasteiger partial charge in [-0.25, -0.2) is 4.98 Å². The van der Waals surface area contributed by atoms with Gasteiger partial charge in [-0.3, -0.25) is 4.57 Å². The van der Waals surface area contributed by atoms with Crippen molar-refractivity contribution in [3.63, 3.8) is 0 Å². The maximum absolute atomic E-state index is 5.17. The zero-order chi connectivity index (χ0) is 26.6. The standard InChI is InChI=1S/C34H27B3N2/c35-34(36,37)33-38-29-20-10-11-21-30(29)39(33)32-27-18-8-6-16-25(27)31(26-17-7-9-19-28(26)32)24-15-5-4-14-23(24)22-12-2-1-3-13-22/h1-21H,35-37H2. The first-order valence-corrected chi connectivity index (χ1v) is 13.6. The van der Waals surface area contributed by atoms with Crippen LogP contribution >= 0.6 is 0 Å². The Bertz CT molecular complexity index is 1950. The fourth-order valence-electron chi connectivity index (χ4n) is 5.96. The van der Waals surface area contributed by atoms with Gasteiger partial charge in [-0.2, -0.15) is 0 Å². The number of hydrogen-bond acceptors (Lipinski definition) is 1. The van der Waals surface area contributed by atoms with Gasteiger partial charge in [0.1, 0.15) is 0 Å². The highest BCUT2D eigenvalue weighted by atomic mass is 15.1. The van der Waals surface area contributed by atoms with Crippen LogP contribution in [0.15, 0.2) is 127 Å². The van der Waals surface area contributed by atoms with Crippen molar-refractivity contribution in [2.45, 2.75) is 5.11 Å². The third-order valence-corrected chi connectivity index (χ3v) is 7.64. The van der Waals surface area contributed by atoms with Crippen LogP contribution < -0.4 is 0 Å². The topological polar surface area (TPSA) is 17.8 Å². The lowest BCUT2D eigenvalue weighted by Crippen LogP contribution is -2.31. The maximum Gasteiger partial charge on any atom is 0.0994 e. The molecule has 182 valence electrons. The molecular formula is C34H27B3N2. The monoisotopic (exact) mass is 496 g/mol. The average Bonchev–Trinajstić information content (AvgIpc) is 3.36. The van der Waals surface area contributed by atoms with E-state index in [-0.39, 0.29) is 5.11 Å². The number of imidazole rings is 1. The van der Waals surface area contributed by atoms with E-state index in [1.54, 1.807) is 0 Å². The molecule has 0 radical (unpaired) electrons. The number of benzene rings is 6. The summed E-state index contributed by atoms with van der Waals surface area (Å²) in [5, 5.41) is 4.80. The van der Waals surface area contributed by atoms with Gasteiger partial charge < -0.3 is 0 Å². The Hall–Kier alpha value is -4.50. The molecular weight excluding hydrogens is 469 g/mol. The van der Waals surface area contributed by atoms with Gasteiger partial charge in [0, 0.05) is 10.8 Å². The van der Waals surface area contributed by atoms with Gasteiger partial charge in [0.25, 0.3) is 0 Å². The van der Waals surface area contributed by atoms with E-state index in [4.69, 9.17) is 4.98 Å². The van der Waals surface area contributed by atoms with Crippen molar-refractivity contribution < 1.29 is 0 Å². The number of para-hydroxylation sites is 2. The van der Waals surface area contributed by atoms with E-state index in [9.17, 15) is 0 Å². The molecule has 0 bridgehead atoms. The molecule has 0 saturated carbocycles. The molecule has 5 heteroatoms. The molecule has 0 aliphatic rings. The Morgan fingerprint density at radius 1 is 0.513 bits per heavy atom. The second kappa shape index (κ2) is 9.06. The number of rotatable bonds is 4. The summed E-state index contributed by atoms with van der Waals surface area (Å²) in [6.07, 6.45) is 0. The minimum atomic E-state index is -0.139. The molecule has 0 aliphatic carbocycles. The summed E-state index contributed by atoms with van der Waals surface area (Å²) in [5.74, 6) is 1.07. The van der Waals surface area contributed by atoms with Gasteiger partial charge in [-0.1, -0.05) is 120 Å². The smallest absolute Gasteiger partial charge is 0.0994 e. The zero-order valence-electron chi connectivity index (χ0n) is 22.5. The Morgan fingerprint density at radius 3 is 1.67 bits per heavy atom. The summed E-state index contributed by atoms with van der Waals surface area (Å²) >= 11 is 0. The van der Waals surface area contributed by atoms with Crippen LogP contribution in [0, 0.1) is 0 Å². The van der Waals surface area contributed by atoms with Gasteiger partial charge in [0.15, 0.2) is 0 Å². The maximum atomic E-state index is 5.17.